The molecule has 3 rings (SSSR count). The van der Waals surface area contributed by atoms with Crippen LogP contribution in [0.15, 0.2) is 40.3 Å². The number of benzene rings is 1. The van der Waals surface area contributed by atoms with E-state index < -0.39 is 0 Å². The van der Waals surface area contributed by atoms with Gasteiger partial charge in [0, 0.05) is 0 Å². The largest absolute Gasteiger partial charge is 0.283 e. The van der Waals surface area contributed by atoms with E-state index in [1.807, 2.05) is 0 Å². The minimum absolute atomic E-state index is 0.475. The highest BCUT2D eigenvalue weighted by Gasteiger charge is 2.28. The van der Waals surface area contributed by atoms with Crippen LogP contribution in [0, 0.1) is 0 Å². The van der Waals surface area contributed by atoms with Crippen molar-refractivity contribution in [2.75, 3.05) is 0 Å². The second-order valence-corrected chi connectivity index (χ2v) is 5.70. The fourth-order valence-corrected chi connectivity index (χ4v) is 3.16. The van der Waals surface area contributed by atoms with Crippen LogP contribution in [0.1, 0.15) is 44.6 Å². The minimum atomic E-state index is 0.475. The summed E-state index contributed by atoms with van der Waals surface area (Å²) in [5.41, 5.74) is 3.81. The number of hydrogen-bond donors (Lipinski definition) is 0. The molecule has 2 unspecified atom stereocenters. The predicted octanol–water partition coefficient (Wildman–Crippen LogP) is 3.85. The molecule has 0 bridgehead atoms. The summed E-state index contributed by atoms with van der Waals surface area (Å²) >= 11 is 0. The maximum Gasteiger partial charge on any atom is 0.0727 e. The van der Waals surface area contributed by atoms with Crippen molar-refractivity contribution in [1.82, 2.24) is 0 Å². The van der Waals surface area contributed by atoms with Gasteiger partial charge in [-0.15, -0.1) is 0 Å². The Kier molecular flexibility index (Phi) is 3.77. The van der Waals surface area contributed by atoms with Crippen LogP contribution in [0.25, 0.3) is 0 Å². The molecule has 1 aliphatic carbocycles. The van der Waals surface area contributed by atoms with Crippen molar-refractivity contribution < 1.29 is 0 Å². The Morgan fingerprint density at radius 3 is 2.37 bits per heavy atom. The third-order valence-electron chi connectivity index (χ3n) is 4.29. The van der Waals surface area contributed by atoms with Crippen molar-refractivity contribution in [1.29, 1.82) is 0 Å². The summed E-state index contributed by atoms with van der Waals surface area (Å²) < 4.78 is 0. The lowest BCUT2D eigenvalue weighted by Gasteiger charge is -2.30. The molecule has 100 valence electrons. The SMILES string of the molecule is CC1=NC2CCCCC2N=C1CCc1ccccc1. The highest BCUT2D eigenvalue weighted by Crippen LogP contribution is 2.27. The third kappa shape index (κ3) is 2.94. The van der Waals surface area contributed by atoms with E-state index >= 15 is 0 Å². The summed E-state index contributed by atoms with van der Waals surface area (Å²) in [5, 5.41) is 0. The van der Waals surface area contributed by atoms with Gasteiger partial charge in [-0.1, -0.05) is 43.2 Å². The van der Waals surface area contributed by atoms with Crippen molar-refractivity contribution in [3.8, 4) is 0 Å². The van der Waals surface area contributed by atoms with Crippen LogP contribution < -0.4 is 0 Å². The molecule has 1 saturated carbocycles. The van der Waals surface area contributed by atoms with Gasteiger partial charge in [0.15, 0.2) is 0 Å². The molecule has 19 heavy (non-hydrogen) atoms. The van der Waals surface area contributed by atoms with Crippen LogP contribution >= 0.6 is 0 Å². The first-order valence-electron chi connectivity index (χ1n) is 7.48. The van der Waals surface area contributed by atoms with Crippen molar-refractivity contribution in [3.63, 3.8) is 0 Å². The molecule has 1 heterocycles. The highest BCUT2D eigenvalue weighted by molar-refractivity contribution is 6.42. The molecule has 1 aliphatic heterocycles. The van der Waals surface area contributed by atoms with E-state index in [9.17, 15) is 0 Å². The maximum atomic E-state index is 4.99. The molecule has 1 aromatic carbocycles. The number of nitrogens with zero attached hydrogens (tertiary/aromatic N) is 2. The Hall–Kier alpha value is -1.44. The zero-order chi connectivity index (χ0) is 13.1. The lowest BCUT2D eigenvalue weighted by molar-refractivity contribution is 0.385. The second-order valence-electron chi connectivity index (χ2n) is 5.70. The van der Waals surface area contributed by atoms with E-state index in [0.717, 1.165) is 12.8 Å². The normalized spacial score (nSPS) is 26.4. The van der Waals surface area contributed by atoms with Crippen LogP contribution in [0.3, 0.4) is 0 Å². The molecular formula is C17H22N2. The lowest BCUT2D eigenvalue weighted by atomic mass is 9.89. The van der Waals surface area contributed by atoms with Gasteiger partial charge in [0.05, 0.1) is 23.5 Å². The van der Waals surface area contributed by atoms with E-state index in [1.54, 1.807) is 0 Å². The molecule has 0 N–H and O–H groups in total. The van der Waals surface area contributed by atoms with E-state index in [2.05, 4.69) is 37.3 Å². The number of aliphatic imine (C=N–C) groups is 2. The summed E-state index contributed by atoms with van der Waals surface area (Å²) in [6.07, 6.45) is 7.22. The van der Waals surface area contributed by atoms with Crippen LogP contribution in [-0.2, 0) is 6.42 Å². The van der Waals surface area contributed by atoms with Crippen LogP contribution in [0.5, 0.6) is 0 Å². The van der Waals surface area contributed by atoms with Gasteiger partial charge in [0.25, 0.3) is 0 Å². The van der Waals surface area contributed by atoms with Gasteiger partial charge in [0.2, 0.25) is 0 Å². The minimum Gasteiger partial charge on any atom is -0.283 e. The number of rotatable bonds is 3. The molecule has 0 radical (unpaired) electrons. The summed E-state index contributed by atoms with van der Waals surface area (Å²) in [6.45, 7) is 2.13. The molecule has 0 aromatic heterocycles. The molecule has 2 atom stereocenters. The van der Waals surface area contributed by atoms with Gasteiger partial charge < -0.3 is 0 Å². The standard InChI is InChI=1S/C17H22N2/c1-13-15(12-11-14-7-3-2-4-8-14)19-17-10-6-5-9-16(17)18-13/h2-4,7-8,16-17H,5-6,9-12H2,1H3. The predicted molar refractivity (Wildman–Crippen MR) is 81.4 cm³/mol. The van der Waals surface area contributed by atoms with E-state index in [1.165, 1.54) is 42.7 Å². The lowest BCUT2D eigenvalue weighted by Crippen LogP contribution is -2.34. The first kappa shape index (κ1) is 12.6. The van der Waals surface area contributed by atoms with Crippen LogP contribution in [0.4, 0.5) is 0 Å². The molecular weight excluding hydrogens is 232 g/mol. The molecule has 1 fully saturated rings. The molecule has 2 aliphatic rings. The zero-order valence-electron chi connectivity index (χ0n) is 11.7. The average Bonchev–Trinajstić information content (AvgIpc) is 2.46. The molecule has 0 spiro atoms. The summed E-state index contributed by atoms with van der Waals surface area (Å²) in [5.74, 6) is 0. The number of hydrogen-bond acceptors (Lipinski definition) is 2. The van der Waals surface area contributed by atoms with Crippen LogP contribution in [-0.4, -0.2) is 23.5 Å². The van der Waals surface area contributed by atoms with Crippen molar-refractivity contribution in [3.05, 3.63) is 35.9 Å². The van der Waals surface area contributed by atoms with Crippen LogP contribution in [0.2, 0.25) is 0 Å². The average molecular weight is 254 g/mol. The van der Waals surface area contributed by atoms with Gasteiger partial charge in [0.1, 0.15) is 0 Å². The monoisotopic (exact) mass is 254 g/mol. The Balaban J connectivity index is 1.67. The quantitative estimate of drug-likeness (QED) is 0.783. The summed E-state index contributed by atoms with van der Waals surface area (Å²) in [6, 6.07) is 11.6. The first-order valence-corrected chi connectivity index (χ1v) is 7.48. The molecule has 1 aromatic rings. The molecule has 2 nitrogen and oxygen atoms in total. The van der Waals surface area contributed by atoms with E-state index in [0.29, 0.717) is 12.1 Å². The Morgan fingerprint density at radius 1 is 0.947 bits per heavy atom. The van der Waals surface area contributed by atoms with E-state index in [-0.39, 0.29) is 0 Å². The van der Waals surface area contributed by atoms with Crippen molar-refractivity contribution >= 4 is 11.4 Å². The second kappa shape index (κ2) is 5.68. The van der Waals surface area contributed by atoms with Gasteiger partial charge in [-0.25, -0.2) is 0 Å². The van der Waals surface area contributed by atoms with Gasteiger partial charge in [-0.05, 0) is 38.2 Å². The maximum absolute atomic E-state index is 4.99. The topological polar surface area (TPSA) is 24.7 Å². The Bertz CT molecular complexity index is 487. The summed E-state index contributed by atoms with van der Waals surface area (Å²) in [4.78, 5) is 9.87. The third-order valence-corrected chi connectivity index (χ3v) is 4.29. The van der Waals surface area contributed by atoms with Crippen molar-refractivity contribution in [2.24, 2.45) is 9.98 Å². The number of aryl methyl sites for hydroxylation is 1. The van der Waals surface area contributed by atoms with Gasteiger partial charge in [-0.2, -0.15) is 0 Å². The van der Waals surface area contributed by atoms with E-state index in [4.69, 9.17) is 9.98 Å². The highest BCUT2D eigenvalue weighted by atomic mass is 15.0. The van der Waals surface area contributed by atoms with Gasteiger partial charge >= 0.3 is 0 Å². The zero-order valence-corrected chi connectivity index (χ0v) is 11.7. The Morgan fingerprint density at radius 2 is 1.63 bits per heavy atom. The fraction of sp³-hybridized carbons (Fsp3) is 0.529. The number of fused-ring (bicyclic) bond motifs is 1. The fourth-order valence-electron chi connectivity index (χ4n) is 3.16. The summed E-state index contributed by atoms with van der Waals surface area (Å²) in [7, 11) is 0. The first-order chi connectivity index (χ1) is 9.33. The molecule has 0 amide bonds. The molecule has 0 saturated heterocycles. The van der Waals surface area contributed by atoms with Crippen molar-refractivity contribution in [2.45, 2.75) is 57.5 Å². The van der Waals surface area contributed by atoms with Gasteiger partial charge in [-0.3, -0.25) is 9.98 Å². The Labute approximate surface area is 115 Å². The molecule has 2 heteroatoms. The smallest absolute Gasteiger partial charge is 0.0727 e.